The number of benzene rings is 1. The van der Waals surface area contributed by atoms with Gasteiger partial charge < -0.3 is 9.72 Å². The highest BCUT2D eigenvalue weighted by Gasteiger charge is 2.21. The van der Waals surface area contributed by atoms with Gasteiger partial charge in [0.25, 0.3) is 0 Å². The Morgan fingerprint density at radius 3 is 2.89 bits per heavy atom. The van der Waals surface area contributed by atoms with E-state index in [0.717, 1.165) is 30.7 Å². The van der Waals surface area contributed by atoms with Crippen LogP contribution in [0.25, 0.3) is 0 Å². The van der Waals surface area contributed by atoms with Crippen molar-refractivity contribution < 1.29 is 4.74 Å². The number of rotatable bonds is 2. The highest BCUT2D eigenvalue weighted by Crippen LogP contribution is 2.33. The predicted octanol–water partition coefficient (Wildman–Crippen LogP) is 2.66. The van der Waals surface area contributed by atoms with E-state index >= 15 is 0 Å². The fraction of sp³-hybridized carbons (Fsp3) is 0.312. The minimum absolute atomic E-state index is 0.0157. The van der Waals surface area contributed by atoms with Crippen LogP contribution < -0.4 is 10.3 Å². The Balaban J connectivity index is 1.88. The standard InChI is InChI=1S/C16H17NO2/c1-19-14-8-7-11-9-13(6-5-12(11)10-14)15-3-2-4-16(18)17-15/h2-4,7-8,10,13H,5-6,9H2,1H3,(H,17,18). The highest BCUT2D eigenvalue weighted by atomic mass is 16.5. The van der Waals surface area contributed by atoms with E-state index in [-0.39, 0.29) is 5.56 Å². The fourth-order valence-corrected chi connectivity index (χ4v) is 2.83. The zero-order valence-corrected chi connectivity index (χ0v) is 11.0. The number of methoxy groups -OCH3 is 1. The van der Waals surface area contributed by atoms with Crippen molar-refractivity contribution in [2.75, 3.05) is 7.11 Å². The van der Waals surface area contributed by atoms with Gasteiger partial charge in [0.15, 0.2) is 0 Å². The summed E-state index contributed by atoms with van der Waals surface area (Å²) in [6.07, 6.45) is 3.09. The molecule has 3 heteroatoms. The number of aromatic amines is 1. The first kappa shape index (κ1) is 12.0. The maximum absolute atomic E-state index is 11.4. The molecule has 3 rings (SSSR count). The van der Waals surface area contributed by atoms with E-state index in [1.54, 1.807) is 13.2 Å². The minimum Gasteiger partial charge on any atom is -0.497 e. The first-order valence-electron chi connectivity index (χ1n) is 6.61. The van der Waals surface area contributed by atoms with Gasteiger partial charge in [-0.2, -0.15) is 0 Å². The Labute approximate surface area is 112 Å². The van der Waals surface area contributed by atoms with Crippen LogP contribution >= 0.6 is 0 Å². The van der Waals surface area contributed by atoms with Gasteiger partial charge in [-0.3, -0.25) is 4.79 Å². The number of ether oxygens (including phenoxy) is 1. The first-order chi connectivity index (χ1) is 9.26. The van der Waals surface area contributed by atoms with Crippen LogP contribution in [0.3, 0.4) is 0 Å². The third kappa shape index (κ3) is 2.41. The van der Waals surface area contributed by atoms with Gasteiger partial charge in [0, 0.05) is 17.7 Å². The number of fused-ring (bicyclic) bond motifs is 1. The molecule has 0 radical (unpaired) electrons. The molecule has 0 amide bonds. The molecule has 1 atom stereocenters. The summed E-state index contributed by atoms with van der Waals surface area (Å²) in [5.41, 5.74) is 3.77. The van der Waals surface area contributed by atoms with Crippen molar-refractivity contribution in [2.45, 2.75) is 25.2 Å². The van der Waals surface area contributed by atoms with Crippen LogP contribution in [0.2, 0.25) is 0 Å². The number of hydrogen-bond acceptors (Lipinski definition) is 2. The quantitative estimate of drug-likeness (QED) is 0.896. The second kappa shape index (κ2) is 4.92. The Bertz CT molecular complexity index is 645. The van der Waals surface area contributed by atoms with Gasteiger partial charge in [-0.15, -0.1) is 0 Å². The number of aryl methyl sites for hydroxylation is 1. The SMILES string of the molecule is COc1ccc2c(c1)CCC(c1cccc(=O)[nH]1)C2. The van der Waals surface area contributed by atoms with Crippen LogP contribution in [-0.2, 0) is 12.8 Å². The van der Waals surface area contributed by atoms with Crippen LogP contribution in [0.4, 0.5) is 0 Å². The highest BCUT2D eigenvalue weighted by molar-refractivity contribution is 5.38. The van der Waals surface area contributed by atoms with Crippen LogP contribution in [0.1, 0.15) is 29.2 Å². The van der Waals surface area contributed by atoms with E-state index in [9.17, 15) is 4.79 Å². The number of pyridine rings is 1. The van der Waals surface area contributed by atoms with Crippen LogP contribution in [0, 0.1) is 0 Å². The lowest BCUT2D eigenvalue weighted by atomic mass is 9.82. The summed E-state index contributed by atoms with van der Waals surface area (Å²) in [5, 5.41) is 0. The summed E-state index contributed by atoms with van der Waals surface area (Å²) in [7, 11) is 1.70. The van der Waals surface area contributed by atoms with Crippen molar-refractivity contribution >= 4 is 0 Å². The second-order valence-electron chi connectivity index (χ2n) is 5.04. The lowest BCUT2D eigenvalue weighted by molar-refractivity contribution is 0.413. The maximum Gasteiger partial charge on any atom is 0.248 e. The normalized spacial score (nSPS) is 17.8. The van der Waals surface area contributed by atoms with E-state index in [2.05, 4.69) is 17.1 Å². The van der Waals surface area contributed by atoms with Crippen molar-refractivity contribution in [2.24, 2.45) is 0 Å². The molecule has 2 aromatic rings. The van der Waals surface area contributed by atoms with Crippen LogP contribution in [0.5, 0.6) is 5.75 Å². The lowest BCUT2D eigenvalue weighted by Gasteiger charge is -2.25. The Morgan fingerprint density at radius 2 is 2.11 bits per heavy atom. The molecule has 1 aromatic carbocycles. The summed E-state index contributed by atoms with van der Waals surface area (Å²) in [6.45, 7) is 0. The van der Waals surface area contributed by atoms with Crippen molar-refractivity contribution in [1.82, 2.24) is 4.98 Å². The van der Waals surface area contributed by atoms with Crippen LogP contribution in [-0.4, -0.2) is 12.1 Å². The lowest BCUT2D eigenvalue weighted by Crippen LogP contribution is -2.17. The van der Waals surface area contributed by atoms with E-state index < -0.39 is 0 Å². The Kier molecular flexibility index (Phi) is 3.11. The van der Waals surface area contributed by atoms with Gasteiger partial charge in [0.1, 0.15) is 5.75 Å². The molecule has 3 nitrogen and oxygen atoms in total. The van der Waals surface area contributed by atoms with Gasteiger partial charge in [0.2, 0.25) is 5.56 Å². The largest absolute Gasteiger partial charge is 0.497 e. The van der Waals surface area contributed by atoms with Crippen molar-refractivity contribution in [3.8, 4) is 5.75 Å². The van der Waals surface area contributed by atoms with Crippen molar-refractivity contribution in [3.05, 3.63) is 63.6 Å². The molecule has 0 bridgehead atoms. The zero-order valence-electron chi connectivity index (χ0n) is 11.0. The monoisotopic (exact) mass is 255 g/mol. The molecule has 1 aromatic heterocycles. The summed E-state index contributed by atoms with van der Waals surface area (Å²) in [5.74, 6) is 1.33. The second-order valence-corrected chi connectivity index (χ2v) is 5.04. The summed E-state index contributed by atoms with van der Waals surface area (Å²) < 4.78 is 5.26. The van der Waals surface area contributed by atoms with Crippen molar-refractivity contribution in [1.29, 1.82) is 0 Å². The van der Waals surface area contributed by atoms with Crippen LogP contribution in [0.15, 0.2) is 41.2 Å². The fourth-order valence-electron chi connectivity index (χ4n) is 2.83. The molecule has 0 saturated heterocycles. The third-order valence-corrected chi connectivity index (χ3v) is 3.87. The van der Waals surface area contributed by atoms with Gasteiger partial charge >= 0.3 is 0 Å². The summed E-state index contributed by atoms with van der Waals surface area (Å²) in [6, 6.07) is 11.7. The molecule has 1 N–H and O–H groups in total. The molecule has 0 aliphatic heterocycles. The number of hydrogen-bond donors (Lipinski definition) is 1. The summed E-state index contributed by atoms with van der Waals surface area (Å²) in [4.78, 5) is 14.3. The maximum atomic E-state index is 11.4. The first-order valence-corrected chi connectivity index (χ1v) is 6.61. The van der Waals surface area contributed by atoms with E-state index in [1.807, 2.05) is 18.2 Å². The number of H-pyrrole nitrogens is 1. The molecular formula is C16H17NO2. The van der Waals surface area contributed by atoms with Gasteiger partial charge in [-0.25, -0.2) is 0 Å². The van der Waals surface area contributed by atoms with Crippen molar-refractivity contribution in [3.63, 3.8) is 0 Å². The smallest absolute Gasteiger partial charge is 0.248 e. The molecule has 19 heavy (non-hydrogen) atoms. The van der Waals surface area contributed by atoms with Gasteiger partial charge in [-0.05, 0) is 48.6 Å². The van der Waals surface area contributed by atoms with Gasteiger partial charge in [0.05, 0.1) is 7.11 Å². The zero-order chi connectivity index (χ0) is 13.2. The number of aromatic nitrogens is 1. The predicted molar refractivity (Wildman–Crippen MR) is 74.8 cm³/mol. The Morgan fingerprint density at radius 1 is 1.21 bits per heavy atom. The Hall–Kier alpha value is -2.03. The molecule has 0 saturated carbocycles. The molecule has 1 heterocycles. The molecule has 0 fully saturated rings. The third-order valence-electron chi connectivity index (χ3n) is 3.87. The average molecular weight is 255 g/mol. The molecule has 1 aliphatic carbocycles. The minimum atomic E-state index is -0.0157. The molecule has 98 valence electrons. The molecule has 0 spiro atoms. The molecule has 1 unspecified atom stereocenters. The molecular weight excluding hydrogens is 238 g/mol. The van der Waals surface area contributed by atoms with E-state index in [0.29, 0.717) is 5.92 Å². The summed E-state index contributed by atoms with van der Waals surface area (Å²) >= 11 is 0. The molecule has 1 aliphatic rings. The topological polar surface area (TPSA) is 42.1 Å². The number of nitrogens with one attached hydrogen (secondary N) is 1. The average Bonchev–Trinajstić information content (AvgIpc) is 2.46. The van der Waals surface area contributed by atoms with E-state index in [1.165, 1.54) is 11.1 Å². The van der Waals surface area contributed by atoms with Gasteiger partial charge in [-0.1, -0.05) is 12.1 Å². The van der Waals surface area contributed by atoms with E-state index in [4.69, 9.17) is 4.74 Å².